The Labute approximate surface area is 136 Å². The number of benzene rings is 1. The molecule has 2 N–H and O–H groups in total. The van der Waals surface area contributed by atoms with E-state index in [-0.39, 0.29) is 30.9 Å². The van der Waals surface area contributed by atoms with Gasteiger partial charge in [0, 0.05) is 42.3 Å². The van der Waals surface area contributed by atoms with Gasteiger partial charge in [0.15, 0.2) is 0 Å². The van der Waals surface area contributed by atoms with E-state index in [4.69, 9.17) is 5.73 Å². The van der Waals surface area contributed by atoms with Gasteiger partial charge in [0.25, 0.3) is 0 Å². The molecule has 0 aliphatic carbocycles. The summed E-state index contributed by atoms with van der Waals surface area (Å²) in [5.74, 6) is 0. The summed E-state index contributed by atoms with van der Waals surface area (Å²) in [5.41, 5.74) is 5.80. The van der Waals surface area contributed by atoms with Crippen molar-refractivity contribution in [3.05, 3.63) is 36.7 Å². The van der Waals surface area contributed by atoms with E-state index >= 15 is 0 Å². The van der Waals surface area contributed by atoms with Crippen LogP contribution in [0.1, 0.15) is 6.42 Å². The minimum absolute atomic E-state index is 0. The van der Waals surface area contributed by atoms with E-state index in [0.717, 1.165) is 5.39 Å². The fourth-order valence-electron chi connectivity index (χ4n) is 2.43. The largest absolute Gasteiger partial charge is 0.326 e. The van der Waals surface area contributed by atoms with Gasteiger partial charge in [0.05, 0.1) is 4.90 Å². The zero-order valence-corrected chi connectivity index (χ0v) is 13.6. The van der Waals surface area contributed by atoms with Gasteiger partial charge in [-0.15, -0.1) is 24.8 Å². The molecular weight excluding hydrogens is 333 g/mol. The first kappa shape index (κ1) is 18.1. The zero-order valence-electron chi connectivity index (χ0n) is 11.2. The molecule has 2 heterocycles. The molecule has 0 bridgehead atoms. The van der Waals surface area contributed by atoms with Gasteiger partial charge < -0.3 is 5.73 Å². The molecule has 2 aromatic rings. The maximum Gasteiger partial charge on any atom is 0.243 e. The van der Waals surface area contributed by atoms with Gasteiger partial charge in [0.1, 0.15) is 0 Å². The molecule has 21 heavy (non-hydrogen) atoms. The summed E-state index contributed by atoms with van der Waals surface area (Å²) < 4.78 is 26.8. The van der Waals surface area contributed by atoms with Crippen molar-refractivity contribution in [1.82, 2.24) is 9.29 Å². The van der Waals surface area contributed by atoms with Crippen molar-refractivity contribution >= 4 is 45.6 Å². The first-order chi connectivity index (χ1) is 9.09. The summed E-state index contributed by atoms with van der Waals surface area (Å²) in [7, 11) is -3.47. The average Bonchev–Trinajstić information content (AvgIpc) is 2.85. The van der Waals surface area contributed by atoms with E-state index in [1.807, 2.05) is 6.07 Å². The molecule has 1 fully saturated rings. The summed E-state index contributed by atoms with van der Waals surface area (Å²) in [4.78, 5) is 4.35. The lowest BCUT2D eigenvalue weighted by Crippen LogP contribution is -2.32. The van der Waals surface area contributed by atoms with E-state index in [1.54, 1.807) is 30.6 Å². The summed E-state index contributed by atoms with van der Waals surface area (Å²) >= 11 is 0. The Balaban J connectivity index is 0.00000110. The van der Waals surface area contributed by atoms with E-state index in [2.05, 4.69) is 4.98 Å². The third kappa shape index (κ3) is 3.30. The highest BCUT2D eigenvalue weighted by Crippen LogP contribution is 2.26. The summed E-state index contributed by atoms with van der Waals surface area (Å²) in [5, 5.41) is 1.53. The summed E-state index contributed by atoms with van der Waals surface area (Å²) in [6, 6.07) is 6.91. The minimum Gasteiger partial charge on any atom is -0.326 e. The fraction of sp³-hybridized carbons (Fsp3) is 0.308. The van der Waals surface area contributed by atoms with E-state index in [9.17, 15) is 8.42 Å². The maximum atomic E-state index is 12.6. The average molecular weight is 350 g/mol. The normalized spacial score (nSPS) is 19.0. The molecule has 8 heteroatoms. The molecule has 1 saturated heterocycles. The quantitative estimate of drug-likeness (QED) is 0.896. The molecule has 0 amide bonds. The van der Waals surface area contributed by atoms with Crippen molar-refractivity contribution in [1.29, 1.82) is 0 Å². The van der Waals surface area contributed by atoms with Crippen molar-refractivity contribution in [3.8, 4) is 0 Å². The van der Waals surface area contributed by atoms with Gasteiger partial charge in [-0.1, -0.05) is 12.1 Å². The second-order valence-electron chi connectivity index (χ2n) is 4.76. The molecule has 0 unspecified atom stereocenters. The Hall–Kier alpha value is -0.920. The molecule has 3 rings (SSSR count). The van der Waals surface area contributed by atoms with E-state index in [1.165, 1.54) is 4.31 Å². The lowest BCUT2D eigenvalue weighted by atomic mass is 10.2. The van der Waals surface area contributed by atoms with Crippen LogP contribution in [0.2, 0.25) is 0 Å². The first-order valence-corrected chi connectivity index (χ1v) is 7.61. The maximum absolute atomic E-state index is 12.6. The number of hydrogen-bond acceptors (Lipinski definition) is 4. The molecule has 0 spiro atoms. The van der Waals surface area contributed by atoms with Crippen LogP contribution in [0.3, 0.4) is 0 Å². The number of fused-ring (bicyclic) bond motifs is 1. The van der Waals surface area contributed by atoms with Crippen molar-refractivity contribution in [3.63, 3.8) is 0 Å². The molecule has 0 radical (unpaired) electrons. The van der Waals surface area contributed by atoms with Crippen LogP contribution in [0.4, 0.5) is 0 Å². The number of halogens is 2. The van der Waals surface area contributed by atoms with Gasteiger partial charge in [0.2, 0.25) is 10.0 Å². The Kier molecular flexibility index (Phi) is 5.95. The Morgan fingerprint density at radius 1 is 1.24 bits per heavy atom. The third-order valence-electron chi connectivity index (χ3n) is 3.45. The second-order valence-corrected chi connectivity index (χ2v) is 6.67. The van der Waals surface area contributed by atoms with Gasteiger partial charge in [-0.25, -0.2) is 8.42 Å². The predicted octanol–water partition coefficient (Wildman–Crippen LogP) is 1.80. The molecule has 1 aliphatic rings. The van der Waals surface area contributed by atoms with Crippen LogP contribution in [0.15, 0.2) is 41.6 Å². The summed E-state index contributed by atoms with van der Waals surface area (Å²) in [6.45, 7) is 0.884. The molecule has 0 saturated carbocycles. The Morgan fingerprint density at radius 2 is 2.00 bits per heavy atom. The molecule has 1 aliphatic heterocycles. The third-order valence-corrected chi connectivity index (χ3v) is 5.37. The van der Waals surface area contributed by atoms with E-state index < -0.39 is 10.0 Å². The van der Waals surface area contributed by atoms with Crippen molar-refractivity contribution in [2.24, 2.45) is 5.73 Å². The van der Waals surface area contributed by atoms with Gasteiger partial charge in [-0.05, 0) is 18.6 Å². The number of sulfonamides is 1. The SMILES string of the molecule is Cl.Cl.N[C@@H]1CCN(S(=O)(=O)c2cccc3cnccc23)C1. The standard InChI is InChI=1S/C13H15N3O2S.2ClH/c14-11-5-7-16(9-11)19(17,18)13-3-1-2-10-8-15-6-4-12(10)13;;/h1-4,6,8,11H,5,7,9,14H2;2*1H/t11-;;/m1../s1. The van der Waals surface area contributed by atoms with Gasteiger partial charge >= 0.3 is 0 Å². The van der Waals surface area contributed by atoms with Crippen LogP contribution < -0.4 is 5.73 Å². The number of nitrogens with two attached hydrogens (primary N) is 1. The van der Waals surface area contributed by atoms with Crippen LogP contribution >= 0.6 is 24.8 Å². The van der Waals surface area contributed by atoms with Crippen LogP contribution in [-0.4, -0.2) is 36.8 Å². The molecule has 116 valence electrons. The number of rotatable bonds is 2. The molecular formula is C13H17Cl2N3O2S. The second kappa shape index (κ2) is 6.89. The van der Waals surface area contributed by atoms with Gasteiger partial charge in [-0.3, -0.25) is 4.98 Å². The first-order valence-electron chi connectivity index (χ1n) is 6.17. The zero-order chi connectivity index (χ0) is 13.5. The smallest absolute Gasteiger partial charge is 0.243 e. The highest BCUT2D eigenvalue weighted by molar-refractivity contribution is 7.89. The van der Waals surface area contributed by atoms with Crippen LogP contribution in [0, 0.1) is 0 Å². The number of hydrogen-bond donors (Lipinski definition) is 1. The molecule has 1 aromatic carbocycles. The molecule has 5 nitrogen and oxygen atoms in total. The van der Waals surface area contributed by atoms with Gasteiger partial charge in [-0.2, -0.15) is 4.31 Å². The lowest BCUT2D eigenvalue weighted by Gasteiger charge is -2.17. The number of pyridine rings is 1. The Bertz CT molecular complexity index is 719. The van der Waals surface area contributed by atoms with Crippen molar-refractivity contribution in [2.45, 2.75) is 17.4 Å². The van der Waals surface area contributed by atoms with Crippen LogP contribution in [-0.2, 0) is 10.0 Å². The van der Waals surface area contributed by atoms with Crippen LogP contribution in [0.5, 0.6) is 0 Å². The minimum atomic E-state index is -3.47. The van der Waals surface area contributed by atoms with E-state index in [0.29, 0.717) is 29.8 Å². The number of nitrogens with zero attached hydrogens (tertiary/aromatic N) is 2. The lowest BCUT2D eigenvalue weighted by molar-refractivity contribution is 0.473. The molecule has 1 atom stereocenters. The fourth-order valence-corrected chi connectivity index (χ4v) is 4.16. The highest BCUT2D eigenvalue weighted by atomic mass is 35.5. The predicted molar refractivity (Wildman–Crippen MR) is 87.6 cm³/mol. The number of aromatic nitrogens is 1. The molecule has 1 aromatic heterocycles. The highest BCUT2D eigenvalue weighted by Gasteiger charge is 2.31. The summed E-state index contributed by atoms with van der Waals surface area (Å²) in [6.07, 6.45) is 3.99. The Morgan fingerprint density at radius 3 is 2.67 bits per heavy atom. The van der Waals surface area contributed by atoms with Crippen molar-refractivity contribution < 1.29 is 8.42 Å². The van der Waals surface area contributed by atoms with Crippen molar-refractivity contribution in [2.75, 3.05) is 13.1 Å². The topological polar surface area (TPSA) is 76.3 Å². The van der Waals surface area contributed by atoms with Crippen LogP contribution in [0.25, 0.3) is 10.8 Å². The monoisotopic (exact) mass is 349 g/mol.